The van der Waals surface area contributed by atoms with Crippen molar-refractivity contribution in [1.82, 2.24) is 4.90 Å². The molecule has 1 amide bonds. The van der Waals surface area contributed by atoms with E-state index in [-0.39, 0.29) is 17.8 Å². The monoisotopic (exact) mass is 250 g/mol. The summed E-state index contributed by atoms with van der Waals surface area (Å²) in [5.41, 5.74) is 7.09. The Morgan fingerprint density at radius 1 is 1.39 bits per heavy atom. The highest BCUT2D eigenvalue weighted by Gasteiger charge is 2.26. The first-order chi connectivity index (χ1) is 8.45. The highest BCUT2D eigenvalue weighted by Crippen LogP contribution is 2.18. The van der Waals surface area contributed by atoms with E-state index >= 15 is 0 Å². The second-order valence-corrected chi connectivity index (χ2v) is 5.33. The van der Waals surface area contributed by atoms with Crippen LogP contribution in [0.1, 0.15) is 29.3 Å². The van der Waals surface area contributed by atoms with Crippen molar-refractivity contribution in [3.05, 3.63) is 35.1 Å². The highest BCUT2D eigenvalue weighted by atomic mass is 19.1. The molecule has 2 unspecified atom stereocenters. The SMILES string of the molecule is Cc1cc(F)cc(C(=O)N2CC(C)CC(N)C2)c1. The van der Waals surface area contributed by atoms with Gasteiger partial charge in [-0.3, -0.25) is 4.79 Å². The Kier molecular flexibility index (Phi) is 3.66. The lowest BCUT2D eigenvalue weighted by molar-refractivity contribution is 0.0660. The minimum absolute atomic E-state index is 0.0207. The maximum absolute atomic E-state index is 13.3. The third-order valence-corrected chi connectivity index (χ3v) is 3.27. The van der Waals surface area contributed by atoms with Crippen LogP contribution in [0.3, 0.4) is 0 Å². The Hall–Kier alpha value is -1.42. The average Bonchev–Trinajstić information content (AvgIpc) is 2.25. The number of nitrogens with two attached hydrogens (primary N) is 1. The van der Waals surface area contributed by atoms with Gasteiger partial charge in [-0.05, 0) is 43.0 Å². The quantitative estimate of drug-likeness (QED) is 0.828. The molecule has 1 heterocycles. The van der Waals surface area contributed by atoms with Crippen LogP contribution < -0.4 is 5.73 Å². The maximum Gasteiger partial charge on any atom is 0.254 e. The molecular weight excluding hydrogens is 231 g/mol. The Bertz CT molecular complexity index is 431. The summed E-state index contributed by atoms with van der Waals surface area (Å²) in [6.07, 6.45) is 0.936. The lowest BCUT2D eigenvalue weighted by atomic mass is 9.96. The predicted molar refractivity (Wildman–Crippen MR) is 68.8 cm³/mol. The zero-order valence-electron chi connectivity index (χ0n) is 10.8. The molecule has 1 aliphatic rings. The average molecular weight is 250 g/mol. The first-order valence-corrected chi connectivity index (χ1v) is 6.27. The summed E-state index contributed by atoms with van der Waals surface area (Å²) in [5, 5.41) is 0. The fraction of sp³-hybridized carbons (Fsp3) is 0.500. The zero-order valence-corrected chi connectivity index (χ0v) is 10.8. The van der Waals surface area contributed by atoms with Crippen LogP contribution in [-0.2, 0) is 0 Å². The van der Waals surface area contributed by atoms with E-state index < -0.39 is 0 Å². The van der Waals surface area contributed by atoms with E-state index in [1.807, 2.05) is 0 Å². The number of benzene rings is 1. The van der Waals surface area contributed by atoms with Crippen LogP contribution in [0.2, 0.25) is 0 Å². The first-order valence-electron chi connectivity index (χ1n) is 6.27. The lowest BCUT2D eigenvalue weighted by Crippen LogP contribution is -2.48. The van der Waals surface area contributed by atoms with E-state index in [9.17, 15) is 9.18 Å². The number of carbonyl (C=O) groups is 1. The summed E-state index contributed by atoms with van der Waals surface area (Å²) in [5.74, 6) is -0.0975. The van der Waals surface area contributed by atoms with Gasteiger partial charge in [-0.1, -0.05) is 6.92 Å². The van der Waals surface area contributed by atoms with Crippen molar-refractivity contribution in [2.45, 2.75) is 26.3 Å². The van der Waals surface area contributed by atoms with Gasteiger partial charge in [-0.25, -0.2) is 4.39 Å². The Morgan fingerprint density at radius 3 is 2.72 bits per heavy atom. The van der Waals surface area contributed by atoms with Crippen molar-refractivity contribution in [3.63, 3.8) is 0 Å². The predicted octanol–water partition coefficient (Wildman–Crippen LogP) is 1.94. The van der Waals surface area contributed by atoms with Gasteiger partial charge in [0.05, 0.1) is 0 Å². The smallest absolute Gasteiger partial charge is 0.254 e. The van der Waals surface area contributed by atoms with Crippen LogP contribution in [0.4, 0.5) is 4.39 Å². The third kappa shape index (κ3) is 2.88. The molecule has 2 rings (SSSR count). The van der Waals surface area contributed by atoms with Gasteiger partial charge in [0.25, 0.3) is 5.91 Å². The van der Waals surface area contributed by atoms with Crippen LogP contribution in [0.25, 0.3) is 0 Å². The van der Waals surface area contributed by atoms with Gasteiger partial charge in [-0.2, -0.15) is 0 Å². The van der Waals surface area contributed by atoms with Crippen LogP contribution in [0.5, 0.6) is 0 Å². The second-order valence-electron chi connectivity index (χ2n) is 5.33. The van der Waals surface area contributed by atoms with E-state index in [0.29, 0.717) is 24.6 Å². The minimum Gasteiger partial charge on any atom is -0.337 e. The van der Waals surface area contributed by atoms with Crippen LogP contribution in [-0.4, -0.2) is 29.9 Å². The van der Waals surface area contributed by atoms with Gasteiger partial charge >= 0.3 is 0 Å². The topological polar surface area (TPSA) is 46.3 Å². The van der Waals surface area contributed by atoms with Crippen molar-refractivity contribution in [1.29, 1.82) is 0 Å². The highest BCUT2D eigenvalue weighted by molar-refractivity contribution is 5.94. The molecule has 1 aromatic rings. The summed E-state index contributed by atoms with van der Waals surface area (Å²) in [4.78, 5) is 14.0. The Labute approximate surface area is 107 Å². The number of hydrogen-bond acceptors (Lipinski definition) is 2. The number of amides is 1. The lowest BCUT2D eigenvalue weighted by Gasteiger charge is -2.34. The molecule has 1 saturated heterocycles. The fourth-order valence-corrected chi connectivity index (χ4v) is 2.61. The molecule has 0 aliphatic carbocycles. The molecule has 98 valence electrons. The third-order valence-electron chi connectivity index (χ3n) is 3.27. The number of likely N-dealkylation sites (tertiary alicyclic amines) is 1. The first kappa shape index (κ1) is 13.0. The minimum atomic E-state index is -0.368. The molecule has 0 saturated carbocycles. The molecule has 4 heteroatoms. The maximum atomic E-state index is 13.3. The summed E-state index contributed by atoms with van der Waals surface area (Å²) < 4.78 is 13.3. The summed E-state index contributed by atoms with van der Waals surface area (Å²) in [6.45, 7) is 5.11. The van der Waals surface area contributed by atoms with Gasteiger partial charge < -0.3 is 10.6 Å². The van der Waals surface area contributed by atoms with E-state index in [0.717, 1.165) is 12.0 Å². The molecular formula is C14H19FN2O. The van der Waals surface area contributed by atoms with Crippen molar-refractivity contribution in [2.75, 3.05) is 13.1 Å². The largest absolute Gasteiger partial charge is 0.337 e. The molecule has 1 aromatic carbocycles. The number of hydrogen-bond donors (Lipinski definition) is 1. The molecule has 0 aromatic heterocycles. The van der Waals surface area contributed by atoms with Crippen LogP contribution >= 0.6 is 0 Å². The summed E-state index contributed by atoms with van der Waals surface area (Å²) >= 11 is 0. The number of piperidine rings is 1. The van der Waals surface area contributed by atoms with Gasteiger partial charge in [0.1, 0.15) is 5.82 Å². The molecule has 1 aliphatic heterocycles. The number of nitrogens with zero attached hydrogens (tertiary/aromatic N) is 1. The zero-order chi connectivity index (χ0) is 13.3. The number of carbonyl (C=O) groups excluding carboxylic acids is 1. The summed E-state index contributed by atoms with van der Waals surface area (Å²) in [7, 11) is 0. The molecule has 2 atom stereocenters. The normalized spacial score (nSPS) is 24.1. The van der Waals surface area contributed by atoms with Gasteiger partial charge in [0.2, 0.25) is 0 Å². The van der Waals surface area contributed by atoms with Crippen LogP contribution in [0.15, 0.2) is 18.2 Å². The molecule has 3 nitrogen and oxygen atoms in total. The van der Waals surface area contributed by atoms with E-state index in [2.05, 4.69) is 6.92 Å². The molecule has 0 radical (unpaired) electrons. The molecule has 0 bridgehead atoms. The second kappa shape index (κ2) is 5.06. The van der Waals surface area contributed by atoms with Crippen molar-refractivity contribution in [2.24, 2.45) is 11.7 Å². The van der Waals surface area contributed by atoms with Crippen molar-refractivity contribution < 1.29 is 9.18 Å². The van der Waals surface area contributed by atoms with Gasteiger partial charge in [0.15, 0.2) is 0 Å². The molecule has 1 fully saturated rings. The van der Waals surface area contributed by atoms with Crippen LogP contribution in [0, 0.1) is 18.7 Å². The van der Waals surface area contributed by atoms with E-state index in [1.165, 1.54) is 12.1 Å². The molecule has 18 heavy (non-hydrogen) atoms. The number of rotatable bonds is 1. The Balaban J connectivity index is 2.20. The van der Waals surface area contributed by atoms with Gasteiger partial charge in [-0.15, -0.1) is 0 Å². The summed E-state index contributed by atoms with van der Waals surface area (Å²) in [6, 6.07) is 4.45. The van der Waals surface area contributed by atoms with Gasteiger partial charge in [0, 0.05) is 24.7 Å². The van der Waals surface area contributed by atoms with E-state index in [4.69, 9.17) is 5.73 Å². The van der Waals surface area contributed by atoms with E-state index in [1.54, 1.807) is 17.9 Å². The number of aryl methyl sites for hydroxylation is 1. The number of halogens is 1. The Morgan fingerprint density at radius 2 is 2.11 bits per heavy atom. The standard InChI is InChI=1S/C14H19FN2O/c1-9-3-11(6-12(15)4-9)14(18)17-7-10(2)5-13(16)8-17/h3-4,6,10,13H,5,7-8,16H2,1-2H3. The van der Waals surface area contributed by atoms with Crippen molar-refractivity contribution >= 4 is 5.91 Å². The van der Waals surface area contributed by atoms with Crippen molar-refractivity contribution in [3.8, 4) is 0 Å². The molecule has 0 spiro atoms. The fourth-order valence-electron chi connectivity index (χ4n) is 2.61. The molecule has 2 N–H and O–H groups in total.